The van der Waals surface area contributed by atoms with Crippen LogP contribution in [0.25, 0.3) is 0 Å². The minimum absolute atomic E-state index is 0.0881. The standard InChI is InChI=1S/C16H20N4O/c1-19-10-9-17-14(19)11-20(2)16(21)15-13-6-4-3-5-12(13)7-8-18-15/h3-6,9-10,15,18H,7-8,11H2,1-2H3. The SMILES string of the molecule is CN(Cc1nccn1C)C(=O)C1NCCc2ccccc21. The molecule has 0 saturated heterocycles. The van der Waals surface area contributed by atoms with Crippen LogP contribution in [0.1, 0.15) is 23.0 Å². The Morgan fingerprint density at radius 2 is 2.29 bits per heavy atom. The summed E-state index contributed by atoms with van der Waals surface area (Å²) in [5, 5.41) is 3.33. The van der Waals surface area contributed by atoms with Crippen LogP contribution in [0.3, 0.4) is 0 Å². The normalized spacial score (nSPS) is 17.3. The molecule has 5 heteroatoms. The Hall–Kier alpha value is -2.14. The number of aromatic nitrogens is 2. The zero-order chi connectivity index (χ0) is 14.8. The topological polar surface area (TPSA) is 50.2 Å². The first kappa shape index (κ1) is 13.8. The van der Waals surface area contributed by atoms with Gasteiger partial charge in [0.1, 0.15) is 11.9 Å². The van der Waals surface area contributed by atoms with Crippen molar-refractivity contribution in [3.8, 4) is 0 Å². The lowest BCUT2D eigenvalue weighted by Crippen LogP contribution is -2.42. The molecule has 0 bridgehead atoms. The van der Waals surface area contributed by atoms with Gasteiger partial charge in [0.05, 0.1) is 6.54 Å². The predicted molar refractivity (Wildman–Crippen MR) is 80.6 cm³/mol. The number of carbonyl (C=O) groups is 1. The van der Waals surface area contributed by atoms with E-state index in [9.17, 15) is 4.79 Å². The van der Waals surface area contributed by atoms with Gasteiger partial charge in [-0.25, -0.2) is 4.98 Å². The molecule has 1 aliphatic heterocycles. The van der Waals surface area contributed by atoms with Crippen molar-refractivity contribution < 1.29 is 4.79 Å². The average Bonchev–Trinajstić information content (AvgIpc) is 2.91. The summed E-state index contributed by atoms with van der Waals surface area (Å²) < 4.78 is 1.94. The van der Waals surface area contributed by atoms with Gasteiger partial charge in [-0.15, -0.1) is 0 Å². The molecule has 110 valence electrons. The van der Waals surface area contributed by atoms with Crippen LogP contribution in [-0.4, -0.2) is 34.0 Å². The Kier molecular flexibility index (Phi) is 3.75. The fourth-order valence-electron chi connectivity index (χ4n) is 2.78. The number of hydrogen-bond donors (Lipinski definition) is 1. The van der Waals surface area contributed by atoms with Crippen LogP contribution in [0.15, 0.2) is 36.7 Å². The molecule has 0 radical (unpaired) electrons. The maximum absolute atomic E-state index is 12.7. The molecule has 1 aromatic carbocycles. The molecule has 0 fully saturated rings. The fraction of sp³-hybridized carbons (Fsp3) is 0.375. The van der Waals surface area contributed by atoms with E-state index in [4.69, 9.17) is 0 Å². The molecule has 1 atom stereocenters. The van der Waals surface area contributed by atoms with E-state index in [-0.39, 0.29) is 11.9 Å². The summed E-state index contributed by atoms with van der Waals surface area (Å²) in [6, 6.07) is 7.92. The monoisotopic (exact) mass is 284 g/mol. The van der Waals surface area contributed by atoms with Gasteiger partial charge >= 0.3 is 0 Å². The Bertz CT molecular complexity index is 649. The van der Waals surface area contributed by atoms with Gasteiger partial charge in [-0.1, -0.05) is 24.3 Å². The number of nitrogens with one attached hydrogen (secondary N) is 1. The van der Waals surface area contributed by atoms with Gasteiger partial charge in [-0.05, 0) is 17.5 Å². The first-order chi connectivity index (χ1) is 10.2. The molecule has 2 aromatic rings. The second-order valence-corrected chi connectivity index (χ2v) is 5.48. The van der Waals surface area contributed by atoms with Crippen LogP contribution in [0.5, 0.6) is 0 Å². The number of benzene rings is 1. The molecule has 0 spiro atoms. The van der Waals surface area contributed by atoms with Gasteiger partial charge in [-0.2, -0.15) is 0 Å². The van der Waals surface area contributed by atoms with Crippen molar-refractivity contribution in [2.24, 2.45) is 7.05 Å². The smallest absolute Gasteiger partial charge is 0.244 e. The number of amides is 1. The first-order valence-electron chi connectivity index (χ1n) is 7.19. The third-order valence-corrected chi connectivity index (χ3v) is 4.03. The Morgan fingerprint density at radius 3 is 3.05 bits per heavy atom. The Morgan fingerprint density at radius 1 is 1.48 bits per heavy atom. The van der Waals surface area contributed by atoms with Gasteiger partial charge in [0, 0.05) is 33.0 Å². The highest BCUT2D eigenvalue weighted by Crippen LogP contribution is 2.24. The van der Waals surface area contributed by atoms with Crippen molar-refractivity contribution in [3.63, 3.8) is 0 Å². The second kappa shape index (κ2) is 5.69. The first-order valence-corrected chi connectivity index (χ1v) is 7.19. The van der Waals surface area contributed by atoms with Crippen LogP contribution in [0.4, 0.5) is 0 Å². The number of aryl methyl sites for hydroxylation is 1. The lowest BCUT2D eigenvalue weighted by atomic mass is 9.93. The number of likely N-dealkylation sites (N-methyl/N-ethyl adjacent to an activating group) is 1. The lowest BCUT2D eigenvalue weighted by molar-refractivity contribution is -0.133. The van der Waals surface area contributed by atoms with Crippen molar-refractivity contribution in [3.05, 3.63) is 53.6 Å². The van der Waals surface area contributed by atoms with E-state index < -0.39 is 0 Å². The van der Waals surface area contributed by atoms with E-state index in [1.807, 2.05) is 43.1 Å². The molecule has 0 aliphatic carbocycles. The summed E-state index contributed by atoms with van der Waals surface area (Å²) in [4.78, 5) is 18.7. The third kappa shape index (κ3) is 2.69. The largest absolute Gasteiger partial charge is 0.337 e. The Balaban J connectivity index is 1.78. The van der Waals surface area contributed by atoms with E-state index in [1.54, 1.807) is 11.1 Å². The summed E-state index contributed by atoms with van der Waals surface area (Å²) in [7, 11) is 3.77. The zero-order valence-corrected chi connectivity index (χ0v) is 12.4. The molecular formula is C16H20N4O. The van der Waals surface area contributed by atoms with Crippen LogP contribution >= 0.6 is 0 Å². The van der Waals surface area contributed by atoms with E-state index in [0.29, 0.717) is 6.54 Å². The highest BCUT2D eigenvalue weighted by atomic mass is 16.2. The van der Waals surface area contributed by atoms with E-state index in [0.717, 1.165) is 24.4 Å². The van der Waals surface area contributed by atoms with Crippen molar-refractivity contribution in [2.75, 3.05) is 13.6 Å². The summed E-state index contributed by atoms with van der Waals surface area (Å²) in [6.45, 7) is 1.35. The predicted octanol–water partition coefficient (Wildman–Crippen LogP) is 1.27. The quantitative estimate of drug-likeness (QED) is 0.923. The van der Waals surface area contributed by atoms with Crippen molar-refractivity contribution in [2.45, 2.75) is 19.0 Å². The molecule has 1 aliphatic rings. The molecular weight excluding hydrogens is 264 g/mol. The van der Waals surface area contributed by atoms with Crippen LogP contribution in [-0.2, 0) is 24.8 Å². The number of nitrogens with zero attached hydrogens (tertiary/aromatic N) is 3. The molecule has 5 nitrogen and oxygen atoms in total. The molecule has 0 saturated carbocycles. The van der Waals surface area contributed by atoms with Gasteiger partial charge in [0.25, 0.3) is 0 Å². The summed E-state index contributed by atoms with van der Waals surface area (Å²) >= 11 is 0. The third-order valence-electron chi connectivity index (χ3n) is 4.03. The summed E-state index contributed by atoms with van der Waals surface area (Å²) in [5.41, 5.74) is 2.36. The summed E-state index contributed by atoms with van der Waals surface area (Å²) in [6.07, 6.45) is 4.62. The molecule has 1 unspecified atom stereocenters. The fourth-order valence-corrected chi connectivity index (χ4v) is 2.78. The van der Waals surface area contributed by atoms with E-state index >= 15 is 0 Å². The van der Waals surface area contributed by atoms with Gasteiger partial charge in [0.2, 0.25) is 5.91 Å². The van der Waals surface area contributed by atoms with E-state index in [1.165, 1.54) is 5.56 Å². The van der Waals surface area contributed by atoms with Crippen molar-refractivity contribution >= 4 is 5.91 Å². The van der Waals surface area contributed by atoms with Crippen LogP contribution in [0.2, 0.25) is 0 Å². The van der Waals surface area contributed by atoms with Crippen molar-refractivity contribution in [1.29, 1.82) is 0 Å². The van der Waals surface area contributed by atoms with Gasteiger partial charge < -0.3 is 14.8 Å². The van der Waals surface area contributed by atoms with Crippen LogP contribution in [0, 0.1) is 0 Å². The Labute approximate surface area is 124 Å². The maximum Gasteiger partial charge on any atom is 0.244 e. The number of fused-ring (bicyclic) bond motifs is 1. The average molecular weight is 284 g/mol. The molecule has 1 amide bonds. The summed E-state index contributed by atoms with van der Waals surface area (Å²) in [5.74, 6) is 0.972. The highest BCUT2D eigenvalue weighted by molar-refractivity contribution is 5.83. The minimum Gasteiger partial charge on any atom is -0.337 e. The molecule has 3 rings (SSSR count). The minimum atomic E-state index is -0.250. The lowest BCUT2D eigenvalue weighted by Gasteiger charge is -2.29. The molecule has 2 heterocycles. The molecule has 1 N–H and O–H groups in total. The molecule has 21 heavy (non-hydrogen) atoms. The number of rotatable bonds is 3. The van der Waals surface area contributed by atoms with Gasteiger partial charge in [0.15, 0.2) is 0 Å². The molecule has 1 aromatic heterocycles. The van der Waals surface area contributed by atoms with Gasteiger partial charge in [-0.3, -0.25) is 4.79 Å². The zero-order valence-electron chi connectivity index (χ0n) is 12.4. The second-order valence-electron chi connectivity index (χ2n) is 5.48. The van der Waals surface area contributed by atoms with Crippen molar-refractivity contribution in [1.82, 2.24) is 19.8 Å². The highest BCUT2D eigenvalue weighted by Gasteiger charge is 2.28. The number of carbonyl (C=O) groups excluding carboxylic acids is 1. The number of imidazole rings is 1. The van der Waals surface area contributed by atoms with Crippen LogP contribution < -0.4 is 5.32 Å². The van der Waals surface area contributed by atoms with E-state index in [2.05, 4.69) is 16.4 Å². The number of hydrogen-bond acceptors (Lipinski definition) is 3. The maximum atomic E-state index is 12.7.